The minimum Gasteiger partial charge on any atom is -0.508 e. The Kier molecular flexibility index (Phi) is 4.98. The first-order chi connectivity index (χ1) is 13.8. The lowest BCUT2D eigenvalue weighted by Gasteiger charge is -2.30. The summed E-state index contributed by atoms with van der Waals surface area (Å²) in [7, 11) is 0. The van der Waals surface area contributed by atoms with Gasteiger partial charge in [-0.05, 0) is 42.2 Å². The molecule has 1 aliphatic carbocycles. The highest BCUT2D eigenvalue weighted by atomic mass is 19.4. The van der Waals surface area contributed by atoms with Crippen molar-refractivity contribution in [2.45, 2.75) is 37.5 Å². The molecule has 1 aliphatic rings. The molecule has 0 bridgehead atoms. The molecular formula is C18H8F12O. The summed E-state index contributed by atoms with van der Waals surface area (Å²) >= 11 is 0. The maximum atomic E-state index is 13.6. The number of rotatable bonds is 0. The van der Waals surface area contributed by atoms with Crippen molar-refractivity contribution >= 4 is 0 Å². The van der Waals surface area contributed by atoms with Crippen LogP contribution in [-0.2, 0) is 37.5 Å². The molecule has 0 spiro atoms. The molecule has 0 unspecified atom stereocenters. The molecule has 0 saturated heterocycles. The van der Waals surface area contributed by atoms with E-state index in [1.807, 2.05) is 0 Å². The normalized spacial score (nSPS) is 15.0. The van der Waals surface area contributed by atoms with Crippen LogP contribution in [0.4, 0.5) is 52.7 Å². The Labute approximate surface area is 164 Å². The Morgan fingerprint density at radius 1 is 0.581 bits per heavy atom. The predicted molar refractivity (Wildman–Crippen MR) is 81.0 cm³/mol. The average Bonchev–Trinajstić information content (AvgIpc) is 2.56. The van der Waals surface area contributed by atoms with E-state index in [1.165, 1.54) is 0 Å². The summed E-state index contributed by atoms with van der Waals surface area (Å²) in [6.07, 6.45) is -23.9. The highest BCUT2D eigenvalue weighted by Gasteiger charge is 2.49. The van der Waals surface area contributed by atoms with Gasteiger partial charge >= 0.3 is 24.7 Å². The van der Waals surface area contributed by atoms with Crippen LogP contribution in [0.3, 0.4) is 0 Å². The number of hydrogen-bond donors (Lipinski definition) is 1. The molecule has 0 atom stereocenters. The summed E-state index contributed by atoms with van der Waals surface area (Å²) in [6, 6.07) is -0.590. The van der Waals surface area contributed by atoms with Crippen LogP contribution in [0.1, 0.15) is 33.4 Å². The zero-order valence-corrected chi connectivity index (χ0v) is 14.6. The maximum absolute atomic E-state index is 13.6. The van der Waals surface area contributed by atoms with Crippen molar-refractivity contribution in [1.29, 1.82) is 0 Å². The highest BCUT2D eigenvalue weighted by molar-refractivity contribution is 5.82. The zero-order chi connectivity index (χ0) is 23.7. The molecule has 0 amide bonds. The van der Waals surface area contributed by atoms with Crippen molar-refractivity contribution in [3.63, 3.8) is 0 Å². The quantitative estimate of drug-likeness (QED) is 0.405. The van der Waals surface area contributed by atoms with Gasteiger partial charge in [0.25, 0.3) is 0 Å². The lowest BCUT2D eigenvalue weighted by molar-refractivity contribution is -0.161. The van der Waals surface area contributed by atoms with Crippen molar-refractivity contribution in [2.24, 2.45) is 0 Å². The number of fused-ring (bicyclic) bond motifs is 3. The summed E-state index contributed by atoms with van der Waals surface area (Å²) in [5.74, 6) is -1.31. The monoisotopic (exact) mass is 468 g/mol. The van der Waals surface area contributed by atoms with E-state index in [1.54, 1.807) is 0 Å². The van der Waals surface area contributed by atoms with Gasteiger partial charge in [-0.1, -0.05) is 0 Å². The molecule has 1 N–H and O–H groups in total. The number of benzene rings is 2. The molecule has 2 aromatic carbocycles. The SMILES string of the molecule is Oc1cc(C(F)(F)F)c(C(F)(F)F)c2c1CCc1c-2cc(C(F)(F)F)cc1C(F)(F)F. The summed E-state index contributed by atoms with van der Waals surface area (Å²) in [4.78, 5) is 0. The van der Waals surface area contributed by atoms with E-state index in [0.29, 0.717) is 0 Å². The van der Waals surface area contributed by atoms with Crippen LogP contribution < -0.4 is 0 Å². The van der Waals surface area contributed by atoms with Crippen LogP contribution in [-0.4, -0.2) is 5.11 Å². The van der Waals surface area contributed by atoms with E-state index in [4.69, 9.17) is 0 Å². The molecular weight excluding hydrogens is 460 g/mol. The summed E-state index contributed by atoms with van der Waals surface area (Å²) in [6.45, 7) is 0. The van der Waals surface area contributed by atoms with E-state index in [2.05, 4.69) is 0 Å². The van der Waals surface area contributed by atoms with Crippen molar-refractivity contribution < 1.29 is 57.8 Å². The lowest BCUT2D eigenvalue weighted by atomic mass is 9.78. The molecule has 0 aliphatic heterocycles. The van der Waals surface area contributed by atoms with Gasteiger partial charge in [-0.15, -0.1) is 0 Å². The maximum Gasteiger partial charge on any atom is 0.417 e. The number of halogens is 12. The van der Waals surface area contributed by atoms with Crippen molar-refractivity contribution in [3.05, 3.63) is 51.6 Å². The van der Waals surface area contributed by atoms with E-state index >= 15 is 0 Å². The molecule has 0 fully saturated rings. The van der Waals surface area contributed by atoms with Crippen molar-refractivity contribution in [3.8, 4) is 16.9 Å². The van der Waals surface area contributed by atoms with Crippen LogP contribution >= 0.6 is 0 Å². The van der Waals surface area contributed by atoms with E-state index in [0.717, 1.165) is 0 Å². The van der Waals surface area contributed by atoms with Gasteiger partial charge in [-0.2, -0.15) is 52.7 Å². The topological polar surface area (TPSA) is 20.2 Å². The number of alkyl halides is 12. The van der Waals surface area contributed by atoms with E-state index < -0.39 is 87.8 Å². The summed E-state index contributed by atoms with van der Waals surface area (Å²) < 4.78 is 160. The van der Waals surface area contributed by atoms with Gasteiger partial charge in [0.05, 0.1) is 22.3 Å². The van der Waals surface area contributed by atoms with Crippen molar-refractivity contribution in [1.82, 2.24) is 0 Å². The minimum atomic E-state index is -5.80. The highest BCUT2D eigenvalue weighted by Crippen LogP contribution is 2.53. The third kappa shape index (κ3) is 4.01. The van der Waals surface area contributed by atoms with Crippen LogP contribution in [0.25, 0.3) is 11.1 Å². The minimum absolute atomic E-state index is 0.0581. The van der Waals surface area contributed by atoms with E-state index in [9.17, 15) is 57.8 Å². The smallest absolute Gasteiger partial charge is 0.417 e. The fourth-order valence-corrected chi connectivity index (χ4v) is 3.61. The molecule has 13 heteroatoms. The van der Waals surface area contributed by atoms with Gasteiger partial charge in [0.2, 0.25) is 0 Å². The van der Waals surface area contributed by atoms with Crippen LogP contribution in [0.5, 0.6) is 5.75 Å². The molecule has 0 aromatic heterocycles. The fourth-order valence-electron chi connectivity index (χ4n) is 3.61. The molecule has 31 heavy (non-hydrogen) atoms. The first kappa shape index (κ1) is 23.1. The Hall–Kier alpha value is -2.60. The second-order valence-electron chi connectivity index (χ2n) is 6.71. The molecule has 0 saturated carbocycles. The van der Waals surface area contributed by atoms with Crippen LogP contribution in [0.2, 0.25) is 0 Å². The summed E-state index contributed by atoms with van der Waals surface area (Å²) in [5.41, 5.74) is -13.5. The molecule has 2 aromatic rings. The first-order valence-electron chi connectivity index (χ1n) is 8.18. The summed E-state index contributed by atoms with van der Waals surface area (Å²) in [5, 5.41) is 9.86. The lowest BCUT2D eigenvalue weighted by Crippen LogP contribution is -2.23. The Balaban J connectivity index is 2.56. The number of phenols is 1. The van der Waals surface area contributed by atoms with Gasteiger partial charge in [-0.25, -0.2) is 0 Å². The fraction of sp³-hybridized carbons (Fsp3) is 0.333. The molecule has 0 radical (unpaired) electrons. The third-order valence-corrected chi connectivity index (χ3v) is 4.78. The van der Waals surface area contributed by atoms with Crippen molar-refractivity contribution in [2.75, 3.05) is 0 Å². The predicted octanol–water partition coefficient (Wildman–Crippen LogP) is 7.23. The number of hydrogen-bond acceptors (Lipinski definition) is 1. The first-order valence-corrected chi connectivity index (χ1v) is 8.18. The van der Waals surface area contributed by atoms with Gasteiger partial charge in [-0.3, -0.25) is 0 Å². The average molecular weight is 468 g/mol. The second-order valence-corrected chi connectivity index (χ2v) is 6.71. The van der Waals surface area contributed by atoms with E-state index in [-0.39, 0.29) is 18.2 Å². The second kappa shape index (κ2) is 6.70. The van der Waals surface area contributed by atoms with Gasteiger partial charge in [0, 0.05) is 11.1 Å². The Morgan fingerprint density at radius 2 is 1.10 bits per heavy atom. The third-order valence-electron chi connectivity index (χ3n) is 4.78. The Morgan fingerprint density at radius 3 is 1.55 bits per heavy atom. The largest absolute Gasteiger partial charge is 0.508 e. The molecule has 170 valence electrons. The number of phenolic OH excluding ortho intramolecular Hbond substituents is 1. The zero-order valence-electron chi connectivity index (χ0n) is 14.6. The van der Waals surface area contributed by atoms with Crippen LogP contribution in [0, 0.1) is 0 Å². The van der Waals surface area contributed by atoms with Gasteiger partial charge in [0.15, 0.2) is 0 Å². The molecule has 3 rings (SSSR count). The van der Waals surface area contributed by atoms with Gasteiger partial charge in [0.1, 0.15) is 5.75 Å². The standard InChI is InChI=1S/C18H8F12O/c19-15(20,21)6-3-9-7(10(4-6)16(22,23)24)1-2-8-12(31)5-11(17(25,26)27)14(13(8)9)18(28,29)30/h3-5,31H,1-2H2. The molecule has 0 heterocycles. The Bertz CT molecular complexity index is 1040. The number of aromatic hydroxyl groups is 1. The van der Waals surface area contributed by atoms with Crippen LogP contribution in [0.15, 0.2) is 18.2 Å². The molecule has 1 nitrogen and oxygen atoms in total. The van der Waals surface area contributed by atoms with Gasteiger partial charge < -0.3 is 5.11 Å².